The number of carbonyl (C=O) groups excluding carboxylic acids is 1. The predicted octanol–water partition coefficient (Wildman–Crippen LogP) is 0.412. The average Bonchev–Trinajstić information content (AvgIpc) is 2.99. The molecule has 0 saturated heterocycles. The fourth-order valence-electron chi connectivity index (χ4n) is 2.69. The lowest BCUT2D eigenvalue weighted by Gasteiger charge is -2.22. The van der Waals surface area contributed by atoms with Crippen LogP contribution in [0.2, 0.25) is 0 Å². The third-order valence-corrected chi connectivity index (χ3v) is 5.35. The minimum atomic E-state index is -4.29. The Morgan fingerprint density at radius 3 is 2.85 bits per heavy atom. The van der Waals surface area contributed by atoms with Gasteiger partial charge < -0.3 is 20.1 Å². The molecule has 4 N–H and O–H groups in total. The highest BCUT2D eigenvalue weighted by Crippen LogP contribution is 2.19. The molecule has 0 bridgehead atoms. The molecule has 0 atom stereocenters. The molecule has 0 fully saturated rings. The summed E-state index contributed by atoms with van der Waals surface area (Å²) in [7, 11) is -4.31. The largest absolute Gasteiger partial charge is 0.491 e. The van der Waals surface area contributed by atoms with Gasteiger partial charge in [0.15, 0.2) is 0 Å². The fraction of sp³-hybridized carbons (Fsp3) is 0.188. The average molecular weight is 391 g/mol. The molecule has 2 aromatic carbocycles. The molecule has 1 amide bonds. The molecule has 27 heavy (non-hydrogen) atoms. The van der Waals surface area contributed by atoms with Gasteiger partial charge in [0, 0.05) is 11.4 Å². The van der Waals surface area contributed by atoms with Gasteiger partial charge in [-0.2, -0.15) is 12.7 Å². The van der Waals surface area contributed by atoms with Crippen LogP contribution in [-0.2, 0) is 32.8 Å². The Hall–Kier alpha value is -2.76. The summed E-state index contributed by atoms with van der Waals surface area (Å²) in [6.45, 7) is -0.0169. The Bertz CT molecular complexity index is 968. The van der Waals surface area contributed by atoms with E-state index in [1.165, 1.54) is 12.1 Å². The Labute approximate surface area is 157 Å². The van der Waals surface area contributed by atoms with Crippen molar-refractivity contribution in [2.24, 2.45) is 0 Å². The lowest BCUT2D eigenvalue weighted by Crippen LogP contribution is -2.40. The standard InChI is InChI=1S/C16H18BN3O6S/c1-25-16(21)20(9-11-3-2-4-13(18)7-11)27(23,24)19-14-6-5-12-10-26-17(22)15(12)8-14/h2-8,19,22H,9-10,18H2,1H3. The third-order valence-electron chi connectivity index (χ3n) is 4.00. The second-order valence-corrected chi connectivity index (χ2v) is 7.50. The van der Waals surface area contributed by atoms with Crippen molar-refractivity contribution in [1.29, 1.82) is 0 Å². The molecule has 3 rings (SSSR count). The molecule has 1 aliphatic heterocycles. The maximum Gasteiger partial charge on any atom is 0.491 e. The molecule has 0 radical (unpaired) electrons. The SMILES string of the molecule is COC(=O)N(Cc1cccc(N)c1)S(=O)(=O)Nc1ccc2c(c1)B(O)OC2. The molecule has 0 aliphatic carbocycles. The first-order valence-corrected chi connectivity index (χ1v) is 9.39. The summed E-state index contributed by atoms with van der Waals surface area (Å²) in [6, 6.07) is 11.1. The van der Waals surface area contributed by atoms with Gasteiger partial charge in [0.25, 0.3) is 0 Å². The van der Waals surface area contributed by atoms with Crippen molar-refractivity contribution in [3.8, 4) is 0 Å². The van der Waals surface area contributed by atoms with Gasteiger partial charge in [-0.25, -0.2) is 4.79 Å². The van der Waals surface area contributed by atoms with Crippen LogP contribution >= 0.6 is 0 Å². The monoisotopic (exact) mass is 391 g/mol. The first-order chi connectivity index (χ1) is 12.8. The van der Waals surface area contributed by atoms with E-state index >= 15 is 0 Å². The molecular formula is C16H18BN3O6S. The van der Waals surface area contributed by atoms with Crippen molar-refractivity contribution in [2.45, 2.75) is 13.2 Å². The van der Waals surface area contributed by atoms with Crippen LogP contribution in [0, 0.1) is 0 Å². The number of nitrogens with one attached hydrogen (secondary N) is 1. The van der Waals surface area contributed by atoms with Crippen LogP contribution in [-0.4, -0.2) is 38.1 Å². The van der Waals surface area contributed by atoms with Crippen LogP contribution in [0.15, 0.2) is 42.5 Å². The van der Waals surface area contributed by atoms with Crippen LogP contribution in [0.4, 0.5) is 16.2 Å². The molecule has 0 unspecified atom stereocenters. The zero-order valence-corrected chi connectivity index (χ0v) is 15.3. The van der Waals surface area contributed by atoms with E-state index in [9.17, 15) is 18.2 Å². The van der Waals surface area contributed by atoms with Crippen LogP contribution in [0.5, 0.6) is 0 Å². The van der Waals surface area contributed by atoms with Gasteiger partial charge in [0.2, 0.25) is 0 Å². The van der Waals surface area contributed by atoms with Gasteiger partial charge in [0.05, 0.1) is 20.3 Å². The number of rotatable bonds is 5. The maximum absolute atomic E-state index is 12.8. The topological polar surface area (TPSA) is 131 Å². The minimum absolute atomic E-state index is 0.180. The van der Waals surface area contributed by atoms with E-state index in [4.69, 9.17) is 10.4 Å². The Balaban J connectivity index is 1.87. The van der Waals surface area contributed by atoms with E-state index in [1.807, 2.05) is 0 Å². The van der Waals surface area contributed by atoms with Crippen molar-refractivity contribution in [3.63, 3.8) is 0 Å². The second-order valence-electron chi connectivity index (χ2n) is 5.91. The van der Waals surface area contributed by atoms with E-state index in [2.05, 4.69) is 9.46 Å². The number of ether oxygens (including phenoxy) is 1. The van der Waals surface area contributed by atoms with E-state index < -0.39 is 23.4 Å². The number of benzene rings is 2. The van der Waals surface area contributed by atoms with Crippen molar-refractivity contribution >= 4 is 40.3 Å². The van der Waals surface area contributed by atoms with E-state index in [0.717, 1.165) is 12.7 Å². The summed E-state index contributed by atoms with van der Waals surface area (Å²) in [4.78, 5) is 12.1. The highest BCUT2D eigenvalue weighted by Gasteiger charge is 2.31. The van der Waals surface area contributed by atoms with Crippen molar-refractivity contribution in [1.82, 2.24) is 4.31 Å². The van der Waals surface area contributed by atoms with Gasteiger partial charge >= 0.3 is 23.4 Å². The van der Waals surface area contributed by atoms with Crippen LogP contribution in [0.3, 0.4) is 0 Å². The number of nitrogen functional groups attached to an aromatic ring is 1. The highest BCUT2D eigenvalue weighted by atomic mass is 32.2. The molecule has 0 spiro atoms. The number of nitrogens with two attached hydrogens (primary N) is 1. The van der Waals surface area contributed by atoms with Gasteiger partial charge in [-0.1, -0.05) is 18.2 Å². The van der Waals surface area contributed by atoms with Crippen molar-refractivity contribution < 1.29 is 27.6 Å². The molecule has 2 aromatic rings. The number of nitrogens with zero attached hydrogens (tertiary/aromatic N) is 1. The number of anilines is 2. The number of methoxy groups -OCH3 is 1. The number of hydrogen-bond acceptors (Lipinski definition) is 7. The molecule has 0 saturated carbocycles. The second kappa shape index (κ2) is 7.47. The predicted molar refractivity (Wildman–Crippen MR) is 100 cm³/mol. The first-order valence-electron chi connectivity index (χ1n) is 7.95. The molecule has 142 valence electrons. The third kappa shape index (κ3) is 4.16. The number of hydrogen-bond donors (Lipinski definition) is 3. The molecule has 11 heteroatoms. The summed E-state index contributed by atoms with van der Waals surface area (Å²) < 4.78 is 38.1. The summed E-state index contributed by atoms with van der Waals surface area (Å²) in [5.74, 6) is 0. The molecular weight excluding hydrogens is 373 g/mol. The van der Waals surface area contributed by atoms with Gasteiger partial charge in [-0.3, -0.25) is 4.72 Å². The van der Waals surface area contributed by atoms with E-state index in [1.54, 1.807) is 30.3 Å². The van der Waals surface area contributed by atoms with E-state index in [-0.39, 0.29) is 18.8 Å². The highest BCUT2D eigenvalue weighted by molar-refractivity contribution is 7.90. The normalized spacial score (nSPS) is 13.2. The number of fused-ring (bicyclic) bond motifs is 1. The Morgan fingerprint density at radius 1 is 1.37 bits per heavy atom. The van der Waals surface area contributed by atoms with Gasteiger partial charge in [0.1, 0.15) is 0 Å². The molecule has 1 heterocycles. The Morgan fingerprint density at radius 2 is 2.15 bits per heavy atom. The quantitative estimate of drug-likeness (QED) is 0.497. The van der Waals surface area contributed by atoms with E-state index in [0.29, 0.717) is 21.0 Å². The Kier molecular flexibility index (Phi) is 5.26. The smallest absolute Gasteiger partial charge is 0.452 e. The molecule has 9 nitrogen and oxygen atoms in total. The summed E-state index contributed by atoms with van der Waals surface area (Å²) in [5.41, 5.74) is 8.07. The van der Waals surface area contributed by atoms with Crippen molar-refractivity contribution in [2.75, 3.05) is 17.6 Å². The maximum atomic E-state index is 12.8. The van der Waals surface area contributed by atoms with Crippen LogP contribution in [0.25, 0.3) is 0 Å². The van der Waals surface area contributed by atoms with Crippen LogP contribution in [0.1, 0.15) is 11.1 Å². The van der Waals surface area contributed by atoms with Gasteiger partial charge in [-0.15, -0.1) is 0 Å². The lowest BCUT2D eigenvalue weighted by atomic mass is 9.79. The zero-order chi connectivity index (χ0) is 19.6. The first kappa shape index (κ1) is 19.0. The van der Waals surface area contributed by atoms with Crippen molar-refractivity contribution in [3.05, 3.63) is 53.6 Å². The fourth-order valence-corrected chi connectivity index (χ4v) is 3.81. The summed E-state index contributed by atoms with van der Waals surface area (Å²) in [6.07, 6.45) is -1.05. The molecule has 0 aromatic heterocycles. The lowest BCUT2D eigenvalue weighted by molar-refractivity contribution is 0.147. The van der Waals surface area contributed by atoms with Gasteiger partial charge in [-0.05, 0) is 40.9 Å². The summed E-state index contributed by atoms with van der Waals surface area (Å²) >= 11 is 0. The zero-order valence-electron chi connectivity index (χ0n) is 14.5. The number of carbonyl (C=O) groups is 1. The van der Waals surface area contributed by atoms with Crippen LogP contribution < -0.4 is 15.9 Å². The number of amides is 1. The molecule has 1 aliphatic rings. The summed E-state index contributed by atoms with van der Waals surface area (Å²) in [5, 5.41) is 9.76. The minimum Gasteiger partial charge on any atom is -0.452 e.